The molecule has 2 amide bonds. The van der Waals surface area contributed by atoms with Gasteiger partial charge in [0.25, 0.3) is 0 Å². The molecule has 1 rings (SSSR count). The zero-order valence-corrected chi connectivity index (χ0v) is 10.4. The number of carbonyl (C=O) groups excluding carboxylic acids is 2. The van der Waals surface area contributed by atoms with E-state index in [9.17, 15) is 22.8 Å². The Morgan fingerprint density at radius 2 is 1.89 bits per heavy atom. The standard InChI is InChI=1S/C11H18F3N3O2/c12-11(13,14)6-17-9(18)5-16-10(19)8-3-1-2-7(8)4-15/h7-8H,1-6,15H2,(H,16,19)(H,17,18)/t7-,8-/m1/s1. The topological polar surface area (TPSA) is 84.2 Å². The van der Waals surface area contributed by atoms with Gasteiger partial charge in [-0.25, -0.2) is 0 Å². The maximum Gasteiger partial charge on any atom is 0.405 e. The Hall–Kier alpha value is -1.31. The highest BCUT2D eigenvalue weighted by atomic mass is 19.4. The predicted molar refractivity (Wildman–Crippen MR) is 62.0 cm³/mol. The Labute approximate surface area is 109 Å². The van der Waals surface area contributed by atoms with Crippen LogP contribution in [-0.2, 0) is 9.59 Å². The first kappa shape index (κ1) is 15.7. The first-order chi connectivity index (χ1) is 8.83. The number of carbonyl (C=O) groups is 2. The number of halogens is 3. The fourth-order valence-electron chi connectivity index (χ4n) is 2.22. The van der Waals surface area contributed by atoms with Crippen LogP contribution in [0.3, 0.4) is 0 Å². The molecule has 0 aromatic heterocycles. The van der Waals surface area contributed by atoms with E-state index in [2.05, 4.69) is 5.32 Å². The number of nitrogens with one attached hydrogen (secondary N) is 2. The van der Waals surface area contributed by atoms with Crippen LogP contribution >= 0.6 is 0 Å². The largest absolute Gasteiger partial charge is 0.405 e. The summed E-state index contributed by atoms with van der Waals surface area (Å²) < 4.78 is 35.5. The molecule has 110 valence electrons. The summed E-state index contributed by atoms with van der Waals surface area (Å²) in [7, 11) is 0. The normalized spacial score (nSPS) is 23.2. The highest BCUT2D eigenvalue weighted by Gasteiger charge is 2.32. The maximum atomic E-state index is 11.8. The van der Waals surface area contributed by atoms with Crippen molar-refractivity contribution in [2.24, 2.45) is 17.6 Å². The molecular formula is C11H18F3N3O2. The van der Waals surface area contributed by atoms with Crippen molar-refractivity contribution < 1.29 is 22.8 Å². The van der Waals surface area contributed by atoms with E-state index < -0.39 is 25.2 Å². The number of alkyl halides is 3. The van der Waals surface area contributed by atoms with Crippen molar-refractivity contribution in [1.29, 1.82) is 0 Å². The van der Waals surface area contributed by atoms with E-state index in [0.29, 0.717) is 13.0 Å². The molecule has 0 aromatic carbocycles. The lowest BCUT2D eigenvalue weighted by Crippen LogP contribution is -2.43. The number of hydrogen-bond acceptors (Lipinski definition) is 3. The molecule has 5 nitrogen and oxygen atoms in total. The van der Waals surface area contributed by atoms with Crippen LogP contribution in [0.5, 0.6) is 0 Å². The Balaban J connectivity index is 2.28. The van der Waals surface area contributed by atoms with E-state index in [1.807, 2.05) is 0 Å². The van der Waals surface area contributed by atoms with Gasteiger partial charge in [-0.2, -0.15) is 13.2 Å². The lowest BCUT2D eigenvalue weighted by molar-refractivity contribution is -0.138. The molecule has 0 spiro atoms. The molecule has 19 heavy (non-hydrogen) atoms. The predicted octanol–water partition coefficient (Wildman–Crippen LogP) is 0.156. The quantitative estimate of drug-likeness (QED) is 0.671. The highest BCUT2D eigenvalue weighted by molar-refractivity contribution is 5.86. The third-order valence-electron chi connectivity index (χ3n) is 3.21. The smallest absolute Gasteiger partial charge is 0.347 e. The molecule has 1 saturated carbocycles. The molecule has 8 heteroatoms. The van der Waals surface area contributed by atoms with Gasteiger partial charge in [0.2, 0.25) is 11.8 Å². The lowest BCUT2D eigenvalue weighted by Gasteiger charge is -2.17. The molecule has 1 aliphatic carbocycles. The van der Waals surface area contributed by atoms with Crippen molar-refractivity contribution in [2.45, 2.75) is 25.4 Å². The zero-order chi connectivity index (χ0) is 14.5. The second-order valence-corrected chi connectivity index (χ2v) is 4.64. The highest BCUT2D eigenvalue weighted by Crippen LogP contribution is 2.30. The molecule has 0 saturated heterocycles. The van der Waals surface area contributed by atoms with Gasteiger partial charge in [0, 0.05) is 5.92 Å². The fraction of sp³-hybridized carbons (Fsp3) is 0.818. The summed E-state index contributed by atoms with van der Waals surface area (Å²) in [4.78, 5) is 22.9. The number of hydrogen-bond donors (Lipinski definition) is 3. The van der Waals surface area contributed by atoms with Gasteiger partial charge in [-0.05, 0) is 25.3 Å². The summed E-state index contributed by atoms with van der Waals surface area (Å²) in [6.07, 6.45) is -1.97. The summed E-state index contributed by atoms with van der Waals surface area (Å²) >= 11 is 0. The van der Waals surface area contributed by atoms with E-state index in [0.717, 1.165) is 12.8 Å². The van der Waals surface area contributed by atoms with Crippen LogP contribution in [0.4, 0.5) is 13.2 Å². The van der Waals surface area contributed by atoms with Gasteiger partial charge in [0.1, 0.15) is 6.54 Å². The van der Waals surface area contributed by atoms with E-state index in [1.54, 1.807) is 5.32 Å². The van der Waals surface area contributed by atoms with Crippen molar-refractivity contribution in [3.05, 3.63) is 0 Å². The van der Waals surface area contributed by atoms with Gasteiger partial charge >= 0.3 is 6.18 Å². The van der Waals surface area contributed by atoms with E-state index in [-0.39, 0.29) is 17.7 Å². The third kappa shape index (κ3) is 5.46. The van der Waals surface area contributed by atoms with Gasteiger partial charge in [-0.1, -0.05) is 6.42 Å². The molecule has 0 heterocycles. The van der Waals surface area contributed by atoms with Crippen molar-refractivity contribution in [1.82, 2.24) is 10.6 Å². The fourth-order valence-corrected chi connectivity index (χ4v) is 2.22. The van der Waals surface area contributed by atoms with Crippen LogP contribution in [-0.4, -0.2) is 37.6 Å². The maximum absolute atomic E-state index is 11.8. The van der Waals surface area contributed by atoms with Crippen LogP contribution in [0, 0.1) is 11.8 Å². The van der Waals surface area contributed by atoms with Gasteiger partial charge in [-0.3, -0.25) is 9.59 Å². The van der Waals surface area contributed by atoms with E-state index >= 15 is 0 Å². The molecule has 1 aliphatic rings. The minimum atomic E-state index is -4.45. The average Bonchev–Trinajstić information content (AvgIpc) is 2.80. The van der Waals surface area contributed by atoms with Crippen LogP contribution in [0.1, 0.15) is 19.3 Å². The summed E-state index contributed by atoms with van der Waals surface area (Å²) in [5, 5.41) is 4.04. The van der Waals surface area contributed by atoms with E-state index in [1.165, 1.54) is 0 Å². The molecular weight excluding hydrogens is 263 g/mol. The summed E-state index contributed by atoms with van der Waals surface area (Å²) in [6, 6.07) is 0. The second kappa shape index (κ2) is 6.74. The minimum absolute atomic E-state index is 0.0956. The molecule has 0 radical (unpaired) electrons. The van der Waals surface area contributed by atoms with Crippen LogP contribution < -0.4 is 16.4 Å². The number of amides is 2. The Bertz CT molecular complexity index is 334. The monoisotopic (exact) mass is 281 g/mol. The molecule has 1 fully saturated rings. The first-order valence-electron chi connectivity index (χ1n) is 6.14. The van der Waals surface area contributed by atoms with Gasteiger partial charge in [0.05, 0.1) is 6.54 Å². The van der Waals surface area contributed by atoms with Gasteiger partial charge in [-0.15, -0.1) is 0 Å². The summed E-state index contributed by atoms with van der Waals surface area (Å²) in [6.45, 7) is -1.43. The van der Waals surface area contributed by atoms with Crippen molar-refractivity contribution >= 4 is 11.8 Å². The molecule has 0 aromatic rings. The zero-order valence-electron chi connectivity index (χ0n) is 10.4. The summed E-state index contributed by atoms with van der Waals surface area (Å²) in [5.74, 6) is -1.30. The van der Waals surface area contributed by atoms with Crippen molar-refractivity contribution in [3.8, 4) is 0 Å². The van der Waals surface area contributed by atoms with Crippen molar-refractivity contribution in [3.63, 3.8) is 0 Å². The molecule has 0 bridgehead atoms. The van der Waals surface area contributed by atoms with Crippen LogP contribution in [0.15, 0.2) is 0 Å². The van der Waals surface area contributed by atoms with Crippen LogP contribution in [0.25, 0.3) is 0 Å². The molecule has 0 aliphatic heterocycles. The summed E-state index contributed by atoms with van der Waals surface area (Å²) in [5.41, 5.74) is 5.53. The Morgan fingerprint density at radius 1 is 1.21 bits per heavy atom. The average molecular weight is 281 g/mol. The molecule has 2 atom stereocenters. The number of nitrogens with two attached hydrogens (primary N) is 1. The third-order valence-corrected chi connectivity index (χ3v) is 3.21. The second-order valence-electron chi connectivity index (χ2n) is 4.64. The van der Waals surface area contributed by atoms with Gasteiger partial charge < -0.3 is 16.4 Å². The molecule has 4 N–H and O–H groups in total. The minimum Gasteiger partial charge on any atom is -0.347 e. The van der Waals surface area contributed by atoms with E-state index in [4.69, 9.17) is 5.73 Å². The van der Waals surface area contributed by atoms with Crippen molar-refractivity contribution in [2.75, 3.05) is 19.6 Å². The Kier molecular flexibility index (Phi) is 5.59. The first-order valence-corrected chi connectivity index (χ1v) is 6.14. The Morgan fingerprint density at radius 3 is 2.47 bits per heavy atom. The number of rotatable bonds is 5. The van der Waals surface area contributed by atoms with Gasteiger partial charge in [0.15, 0.2) is 0 Å². The SMILES string of the molecule is NC[C@H]1CCC[C@H]1C(=O)NCC(=O)NCC(F)(F)F. The molecule has 0 unspecified atom stereocenters. The van der Waals surface area contributed by atoms with Crippen LogP contribution in [0.2, 0.25) is 0 Å². The lowest BCUT2D eigenvalue weighted by atomic mass is 9.95.